The second-order valence-corrected chi connectivity index (χ2v) is 6.01. The SMILES string of the molecule is CCCOC1CCCN(Cc2cc(C(F)(F)F)ccc2C)C1. The molecule has 0 amide bonds. The Morgan fingerprint density at radius 2 is 2.09 bits per heavy atom. The van der Waals surface area contributed by atoms with E-state index in [0.29, 0.717) is 6.54 Å². The number of halogens is 3. The van der Waals surface area contributed by atoms with Gasteiger partial charge in [0.1, 0.15) is 0 Å². The largest absolute Gasteiger partial charge is 0.416 e. The summed E-state index contributed by atoms with van der Waals surface area (Å²) in [5.74, 6) is 0. The summed E-state index contributed by atoms with van der Waals surface area (Å²) >= 11 is 0. The number of aryl methyl sites for hydroxylation is 1. The Hall–Kier alpha value is -1.07. The zero-order chi connectivity index (χ0) is 16.2. The second-order valence-electron chi connectivity index (χ2n) is 6.01. The molecule has 0 radical (unpaired) electrons. The molecule has 0 saturated carbocycles. The Bertz CT molecular complexity index is 487. The van der Waals surface area contributed by atoms with Gasteiger partial charge in [-0.3, -0.25) is 4.90 Å². The van der Waals surface area contributed by atoms with Crippen LogP contribution in [-0.2, 0) is 17.5 Å². The molecule has 1 unspecified atom stereocenters. The number of hydrogen-bond acceptors (Lipinski definition) is 2. The fraction of sp³-hybridized carbons (Fsp3) is 0.647. The van der Waals surface area contributed by atoms with Crippen LogP contribution < -0.4 is 0 Å². The van der Waals surface area contributed by atoms with Crippen LogP contribution in [0.1, 0.15) is 42.9 Å². The van der Waals surface area contributed by atoms with Gasteiger partial charge in [0, 0.05) is 19.7 Å². The van der Waals surface area contributed by atoms with Gasteiger partial charge in [0.25, 0.3) is 0 Å². The number of benzene rings is 1. The number of likely N-dealkylation sites (tertiary alicyclic amines) is 1. The van der Waals surface area contributed by atoms with Crippen molar-refractivity contribution in [2.75, 3.05) is 19.7 Å². The lowest BCUT2D eigenvalue weighted by atomic mass is 10.0. The van der Waals surface area contributed by atoms with E-state index in [-0.39, 0.29) is 6.10 Å². The summed E-state index contributed by atoms with van der Waals surface area (Å²) in [7, 11) is 0. The van der Waals surface area contributed by atoms with E-state index in [1.807, 2.05) is 6.92 Å². The molecule has 1 heterocycles. The van der Waals surface area contributed by atoms with Crippen LogP contribution in [0.4, 0.5) is 13.2 Å². The van der Waals surface area contributed by atoms with Crippen molar-refractivity contribution in [3.63, 3.8) is 0 Å². The first kappa shape index (κ1) is 17.3. The fourth-order valence-electron chi connectivity index (χ4n) is 2.84. The molecule has 2 nitrogen and oxygen atoms in total. The Morgan fingerprint density at radius 3 is 2.77 bits per heavy atom. The molecule has 1 atom stereocenters. The molecule has 1 saturated heterocycles. The van der Waals surface area contributed by atoms with Crippen LogP contribution in [0.15, 0.2) is 18.2 Å². The molecule has 0 N–H and O–H groups in total. The van der Waals surface area contributed by atoms with Crippen LogP contribution in [0.5, 0.6) is 0 Å². The van der Waals surface area contributed by atoms with Crippen molar-refractivity contribution in [3.05, 3.63) is 34.9 Å². The van der Waals surface area contributed by atoms with E-state index in [9.17, 15) is 13.2 Å². The summed E-state index contributed by atoms with van der Waals surface area (Å²) in [4.78, 5) is 2.20. The second kappa shape index (κ2) is 7.47. The monoisotopic (exact) mass is 315 g/mol. The van der Waals surface area contributed by atoms with Crippen molar-refractivity contribution >= 4 is 0 Å². The minimum atomic E-state index is -4.28. The number of rotatable bonds is 5. The van der Waals surface area contributed by atoms with Crippen LogP contribution in [0, 0.1) is 6.92 Å². The average Bonchev–Trinajstić information content (AvgIpc) is 2.46. The molecule has 22 heavy (non-hydrogen) atoms. The van der Waals surface area contributed by atoms with Crippen molar-refractivity contribution in [3.8, 4) is 0 Å². The Balaban J connectivity index is 2.03. The maximum Gasteiger partial charge on any atom is 0.416 e. The van der Waals surface area contributed by atoms with Crippen molar-refractivity contribution in [1.82, 2.24) is 4.90 Å². The smallest absolute Gasteiger partial charge is 0.377 e. The zero-order valence-corrected chi connectivity index (χ0v) is 13.2. The van der Waals surface area contributed by atoms with Crippen molar-refractivity contribution in [2.45, 2.75) is 51.9 Å². The van der Waals surface area contributed by atoms with Crippen molar-refractivity contribution < 1.29 is 17.9 Å². The third-order valence-corrected chi connectivity index (χ3v) is 4.09. The van der Waals surface area contributed by atoms with E-state index < -0.39 is 11.7 Å². The van der Waals surface area contributed by atoms with Crippen molar-refractivity contribution in [1.29, 1.82) is 0 Å². The van der Waals surface area contributed by atoms with Gasteiger partial charge in [-0.25, -0.2) is 0 Å². The predicted molar refractivity (Wildman–Crippen MR) is 80.7 cm³/mol. The topological polar surface area (TPSA) is 12.5 Å². The summed E-state index contributed by atoms with van der Waals surface area (Å²) in [5.41, 5.74) is 1.10. The highest BCUT2D eigenvalue weighted by atomic mass is 19.4. The van der Waals surface area contributed by atoms with Crippen molar-refractivity contribution in [2.24, 2.45) is 0 Å². The fourth-order valence-corrected chi connectivity index (χ4v) is 2.84. The Labute approximate surface area is 130 Å². The molecule has 1 aromatic carbocycles. The first-order chi connectivity index (χ1) is 10.4. The number of nitrogens with zero attached hydrogens (tertiary/aromatic N) is 1. The molecule has 0 spiro atoms. The standard InChI is InChI=1S/C17H24F3NO/c1-3-9-22-16-5-4-8-21(12-16)11-14-10-15(17(18,19)20)7-6-13(14)2/h6-7,10,16H,3-5,8-9,11-12H2,1-2H3. The average molecular weight is 315 g/mol. The molecule has 0 aromatic heterocycles. The Kier molecular flexibility index (Phi) is 5.87. The lowest BCUT2D eigenvalue weighted by molar-refractivity contribution is -0.137. The Morgan fingerprint density at radius 1 is 1.32 bits per heavy atom. The molecule has 0 bridgehead atoms. The summed E-state index contributed by atoms with van der Waals surface area (Å²) in [6.07, 6.45) is -1.01. The number of alkyl halides is 3. The third-order valence-electron chi connectivity index (χ3n) is 4.09. The summed E-state index contributed by atoms with van der Waals surface area (Å²) in [6, 6.07) is 4.00. The highest BCUT2D eigenvalue weighted by molar-refractivity contribution is 5.32. The molecule has 5 heteroatoms. The lowest BCUT2D eigenvalue weighted by Crippen LogP contribution is -2.39. The van der Waals surface area contributed by atoms with Crippen LogP contribution in [-0.4, -0.2) is 30.7 Å². The van der Waals surface area contributed by atoms with Gasteiger partial charge in [0.15, 0.2) is 0 Å². The highest BCUT2D eigenvalue weighted by Gasteiger charge is 2.31. The molecule has 0 aliphatic carbocycles. The number of piperidine rings is 1. The minimum absolute atomic E-state index is 0.208. The van der Waals surface area contributed by atoms with E-state index in [0.717, 1.165) is 56.2 Å². The molecule has 1 aliphatic heterocycles. The number of hydrogen-bond donors (Lipinski definition) is 0. The molecule has 1 aromatic rings. The van der Waals surface area contributed by atoms with Gasteiger partial charge >= 0.3 is 6.18 Å². The van der Waals surface area contributed by atoms with Gasteiger partial charge < -0.3 is 4.74 Å². The summed E-state index contributed by atoms with van der Waals surface area (Å²) in [5, 5.41) is 0. The number of ether oxygens (including phenoxy) is 1. The zero-order valence-electron chi connectivity index (χ0n) is 13.2. The van der Waals surface area contributed by atoms with E-state index >= 15 is 0 Å². The molecule has 2 rings (SSSR count). The first-order valence-electron chi connectivity index (χ1n) is 7.91. The maximum absolute atomic E-state index is 12.8. The predicted octanol–water partition coefficient (Wildman–Crippen LogP) is 4.40. The van der Waals surface area contributed by atoms with Crippen LogP contribution in [0.3, 0.4) is 0 Å². The molecular weight excluding hydrogens is 291 g/mol. The van der Waals surface area contributed by atoms with Crippen LogP contribution >= 0.6 is 0 Å². The molecule has 1 aliphatic rings. The first-order valence-corrected chi connectivity index (χ1v) is 7.91. The van der Waals surface area contributed by atoms with Gasteiger partial charge in [0.05, 0.1) is 11.7 Å². The van der Waals surface area contributed by atoms with Gasteiger partial charge in [-0.2, -0.15) is 13.2 Å². The minimum Gasteiger partial charge on any atom is -0.377 e. The summed E-state index contributed by atoms with van der Waals surface area (Å²) in [6.45, 7) is 6.97. The van der Waals surface area contributed by atoms with E-state index in [1.54, 1.807) is 6.07 Å². The summed E-state index contributed by atoms with van der Waals surface area (Å²) < 4.78 is 44.3. The van der Waals surface area contributed by atoms with Gasteiger partial charge in [-0.15, -0.1) is 0 Å². The van der Waals surface area contributed by atoms with E-state index in [2.05, 4.69) is 11.8 Å². The van der Waals surface area contributed by atoms with E-state index in [1.165, 1.54) is 6.07 Å². The van der Waals surface area contributed by atoms with Crippen LogP contribution in [0.25, 0.3) is 0 Å². The van der Waals surface area contributed by atoms with Crippen LogP contribution in [0.2, 0.25) is 0 Å². The molecule has 1 fully saturated rings. The molecule has 124 valence electrons. The normalized spacial score (nSPS) is 20.3. The van der Waals surface area contributed by atoms with E-state index in [4.69, 9.17) is 4.74 Å². The maximum atomic E-state index is 12.8. The highest BCUT2D eigenvalue weighted by Crippen LogP contribution is 2.31. The van der Waals surface area contributed by atoms with Gasteiger partial charge in [0.2, 0.25) is 0 Å². The van der Waals surface area contributed by atoms with Gasteiger partial charge in [-0.05, 0) is 56.0 Å². The van der Waals surface area contributed by atoms with Gasteiger partial charge in [-0.1, -0.05) is 13.0 Å². The quantitative estimate of drug-likeness (QED) is 0.798. The molecular formula is C17H24F3NO. The lowest BCUT2D eigenvalue weighted by Gasteiger charge is -2.33. The third kappa shape index (κ3) is 4.71.